The van der Waals surface area contributed by atoms with E-state index < -0.39 is 0 Å². The highest BCUT2D eigenvalue weighted by molar-refractivity contribution is 5.53. The minimum Gasteiger partial charge on any atom is -0.393 e. The summed E-state index contributed by atoms with van der Waals surface area (Å²) in [7, 11) is 0. The number of benzene rings is 1. The third-order valence-electron chi connectivity index (χ3n) is 3.58. The van der Waals surface area contributed by atoms with Gasteiger partial charge in [0, 0.05) is 18.3 Å². The minimum absolute atomic E-state index is 0.0944. The molecule has 0 saturated heterocycles. The van der Waals surface area contributed by atoms with E-state index >= 15 is 0 Å². The predicted molar refractivity (Wildman–Crippen MR) is 67.8 cm³/mol. The van der Waals surface area contributed by atoms with E-state index in [2.05, 4.69) is 43.0 Å². The minimum atomic E-state index is -0.0944. The van der Waals surface area contributed by atoms with E-state index in [1.54, 1.807) is 0 Å². The predicted octanol–water partition coefficient (Wildman–Crippen LogP) is 2.73. The summed E-state index contributed by atoms with van der Waals surface area (Å²) in [5.74, 6) is 0. The number of hydrogen-bond acceptors (Lipinski definition) is 2. The molecule has 0 radical (unpaired) electrons. The van der Waals surface area contributed by atoms with Crippen LogP contribution in [0.25, 0.3) is 0 Å². The molecular formula is C14H21NO. The van der Waals surface area contributed by atoms with Crippen molar-refractivity contribution in [2.75, 3.05) is 11.4 Å². The van der Waals surface area contributed by atoms with Crippen molar-refractivity contribution in [2.45, 2.75) is 45.3 Å². The van der Waals surface area contributed by atoms with Crippen LogP contribution in [0.4, 0.5) is 5.69 Å². The molecule has 2 atom stereocenters. The molecule has 2 nitrogen and oxygen atoms in total. The Morgan fingerprint density at radius 3 is 2.62 bits per heavy atom. The van der Waals surface area contributed by atoms with Gasteiger partial charge in [-0.05, 0) is 44.7 Å². The number of nitrogens with zero attached hydrogens (tertiary/aromatic N) is 1. The largest absolute Gasteiger partial charge is 0.393 e. The van der Waals surface area contributed by atoms with Gasteiger partial charge in [0.1, 0.15) is 0 Å². The second-order valence-electron chi connectivity index (χ2n) is 4.69. The van der Waals surface area contributed by atoms with Gasteiger partial charge in [-0.2, -0.15) is 0 Å². The van der Waals surface area contributed by atoms with Gasteiger partial charge in [-0.3, -0.25) is 0 Å². The highest BCUT2D eigenvalue weighted by Crippen LogP contribution is 2.30. The number of anilines is 1. The van der Waals surface area contributed by atoms with Gasteiger partial charge in [0.05, 0.1) is 6.10 Å². The molecular weight excluding hydrogens is 198 g/mol. The standard InChI is InChI=1S/C14H21NO/c1-3-15(12-8-9-13(16)10-12)14-7-5-4-6-11(14)2/h4-7,12-13,16H,3,8-10H2,1-2H3. The molecule has 1 N–H and O–H groups in total. The molecule has 2 heteroatoms. The highest BCUT2D eigenvalue weighted by Gasteiger charge is 2.27. The van der Waals surface area contributed by atoms with E-state index in [-0.39, 0.29) is 6.10 Å². The molecule has 0 aromatic heterocycles. The smallest absolute Gasteiger partial charge is 0.0560 e. The normalized spacial score (nSPS) is 24.7. The molecule has 2 rings (SSSR count). The van der Waals surface area contributed by atoms with Crippen LogP contribution >= 0.6 is 0 Å². The topological polar surface area (TPSA) is 23.5 Å². The van der Waals surface area contributed by atoms with Gasteiger partial charge in [-0.15, -0.1) is 0 Å². The van der Waals surface area contributed by atoms with Crippen molar-refractivity contribution in [3.8, 4) is 0 Å². The molecule has 1 aromatic carbocycles. The summed E-state index contributed by atoms with van der Waals surface area (Å²) in [5.41, 5.74) is 2.65. The summed E-state index contributed by atoms with van der Waals surface area (Å²) in [6, 6.07) is 9.03. The summed E-state index contributed by atoms with van der Waals surface area (Å²) in [6.45, 7) is 5.36. The van der Waals surface area contributed by atoms with Crippen molar-refractivity contribution in [2.24, 2.45) is 0 Å². The van der Waals surface area contributed by atoms with E-state index in [1.165, 1.54) is 11.3 Å². The maximum absolute atomic E-state index is 9.63. The zero-order valence-electron chi connectivity index (χ0n) is 10.2. The van der Waals surface area contributed by atoms with Gasteiger partial charge in [0.15, 0.2) is 0 Å². The summed E-state index contributed by atoms with van der Waals surface area (Å²) in [5, 5.41) is 9.63. The molecule has 0 bridgehead atoms. The Balaban J connectivity index is 2.19. The zero-order chi connectivity index (χ0) is 11.5. The first-order chi connectivity index (χ1) is 7.72. The zero-order valence-corrected chi connectivity index (χ0v) is 10.2. The SMILES string of the molecule is CCN(c1ccccc1C)C1CCC(O)C1. The van der Waals surface area contributed by atoms with Crippen LogP contribution in [-0.2, 0) is 0 Å². The Bertz CT molecular complexity index is 350. The van der Waals surface area contributed by atoms with E-state index in [9.17, 15) is 5.11 Å². The monoisotopic (exact) mass is 219 g/mol. The van der Waals surface area contributed by atoms with Crippen LogP contribution in [0.15, 0.2) is 24.3 Å². The lowest BCUT2D eigenvalue weighted by atomic mass is 10.1. The van der Waals surface area contributed by atoms with Gasteiger partial charge >= 0.3 is 0 Å². The first kappa shape index (κ1) is 11.5. The van der Waals surface area contributed by atoms with Crippen LogP contribution in [0, 0.1) is 6.92 Å². The van der Waals surface area contributed by atoms with Crippen LogP contribution in [0.3, 0.4) is 0 Å². The second-order valence-corrected chi connectivity index (χ2v) is 4.69. The van der Waals surface area contributed by atoms with Crippen molar-refractivity contribution >= 4 is 5.69 Å². The lowest BCUT2D eigenvalue weighted by Gasteiger charge is -2.31. The van der Waals surface area contributed by atoms with Crippen molar-refractivity contribution in [3.05, 3.63) is 29.8 Å². The molecule has 0 aliphatic heterocycles. The first-order valence-electron chi connectivity index (χ1n) is 6.22. The highest BCUT2D eigenvalue weighted by atomic mass is 16.3. The number of aliphatic hydroxyl groups excluding tert-OH is 1. The number of aliphatic hydroxyl groups is 1. The van der Waals surface area contributed by atoms with Gasteiger partial charge in [0.25, 0.3) is 0 Å². The molecule has 1 fully saturated rings. The maximum atomic E-state index is 9.63. The van der Waals surface area contributed by atoms with Crippen molar-refractivity contribution in [1.29, 1.82) is 0 Å². The summed E-state index contributed by atoms with van der Waals surface area (Å²) >= 11 is 0. The van der Waals surface area contributed by atoms with Crippen molar-refractivity contribution in [3.63, 3.8) is 0 Å². The Morgan fingerprint density at radius 1 is 1.31 bits per heavy atom. The number of aryl methyl sites for hydroxylation is 1. The van der Waals surface area contributed by atoms with Gasteiger partial charge in [-0.1, -0.05) is 18.2 Å². The van der Waals surface area contributed by atoms with Gasteiger partial charge in [0.2, 0.25) is 0 Å². The summed E-state index contributed by atoms with van der Waals surface area (Å²) in [4.78, 5) is 2.44. The third-order valence-corrected chi connectivity index (χ3v) is 3.58. The van der Waals surface area contributed by atoms with E-state index in [1.807, 2.05) is 0 Å². The fraction of sp³-hybridized carbons (Fsp3) is 0.571. The molecule has 1 aliphatic rings. The van der Waals surface area contributed by atoms with Crippen LogP contribution < -0.4 is 4.90 Å². The molecule has 88 valence electrons. The quantitative estimate of drug-likeness (QED) is 0.845. The van der Waals surface area contributed by atoms with Crippen LogP contribution in [0.1, 0.15) is 31.7 Å². The molecule has 1 aromatic rings. The Labute approximate surface area is 97.9 Å². The lowest BCUT2D eigenvalue weighted by Crippen LogP contribution is -2.34. The van der Waals surface area contributed by atoms with Gasteiger partial charge < -0.3 is 10.0 Å². The maximum Gasteiger partial charge on any atom is 0.0560 e. The lowest BCUT2D eigenvalue weighted by molar-refractivity contribution is 0.181. The number of rotatable bonds is 3. The molecule has 2 unspecified atom stereocenters. The third kappa shape index (κ3) is 2.22. The molecule has 1 saturated carbocycles. The first-order valence-corrected chi connectivity index (χ1v) is 6.22. The fourth-order valence-electron chi connectivity index (χ4n) is 2.73. The average Bonchev–Trinajstić information content (AvgIpc) is 2.69. The molecule has 0 heterocycles. The summed E-state index contributed by atoms with van der Waals surface area (Å²) in [6.07, 6.45) is 2.89. The second kappa shape index (κ2) is 4.88. The fourth-order valence-corrected chi connectivity index (χ4v) is 2.73. The molecule has 0 spiro atoms. The van der Waals surface area contributed by atoms with Crippen LogP contribution in [0.5, 0.6) is 0 Å². The van der Waals surface area contributed by atoms with Crippen LogP contribution in [-0.4, -0.2) is 23.8 Å². The van der Waals surface area contributed by atoms with E-state index in [0.717, 1.165) is 25.8 Å². The van der Waals surface area contributed by atoms with E-state index in [4.69, 9.17) is 0 Å². The number of hydrogen-bond donors (Lipinski definition) is 1. The van der Waals surface area contributed by atoms with Crippen molar-refractivity contribution in [1.82, 2.24) is 0 Å². The Kier molecular flexibility index (Phi) is 3.49. The van der Waals surface area contributed by atoms with Gasteiger partial charge in [-0.25, -0.2) is 0 Å². The Morgan fingerprint density at radius 2 is 2.06 bits per heavy atom. The number of para-hydroxylation sites is 1. The summed E-state index contributed by atoms with van der Waals surface area (Å²) < 4.78 is 0. The van der Waals surface area contributed by atoms with Crippen LogP contribution in [0.2, 0.25) is 0 Å². The molecule has 0 amide bonds. The molecule has 1 aliphatic carbocycles. The Hall–Kier alpha value is -1.02. The average molecular weight is 219 g/mol. The van der Waals surface area contributed by atoms with E-state index in [0.29, 0.717) is 6.04 Å². The molecule has 16 heavy (non-hydrogen) atoms. The van der Waals surface area contributed by atoms with Crippen molar-refractivity contribution < 1.29 is 5.11 Å².